The summed E-state index contributed by atoms with van der Waals surface area (Å²) >= 11 is 2.08. The van der Waals surface area contributed by atoms with Crippen LogP contribution >= 0.6 is 22.6 Å². The van der Waals surface area contributed by atoms with Crippen LogP contribution in [0.4, 0.5) is 10.5 Å². The molecule has 7 heteroatoms. The number of hydrogen-bond donors (Lipinski definition) is 2. The average Bonchev–Trinajstić information content (AvgIpc) is 2.78. The molecule has 19 heavy (non-hydrogen) atoms. The van der Waals surface area contributed by atoms with E-state index in [1.54, 1.807) is 17.0 Å². The van der Waals surface area contributed by atoms with Crippen molar-refractivity contribution in [3.63, 3.8) is 0 Å². The molecule has 0 atom stereocenters. The standard InChI is InChI=1S/C12H13IN4O2/c13-9-5-8(7-14)6-10(15)11(9)19-4-3-17-2-1-16-12(17)18/h5-6H,1-4,15H2,(H,16,18). The van der Waals surface area contributed by atoms with Gasteiger partial charge >= 0.3 is 6.03 Å². The summed E-state index contributed by atoms with van der Waals surface area (Å²) in [5.41, 5.74) is 6.79. The first-order chi connectivity index (χ1) is 9.11. The number of nitrogens with one attached hydrogen (secondary N) is 1. The van der Waals surface area contributed by atoms with Gasteiger partial charge in [-0.05, 0) is 34.7 Å². The molecule has 2 amide bonds. The Bertz CT molecular complexity index is 518. The fraction of sp³-hybridized carbons (Fsp3) is 0.333. The molecule has 0 radical (unpaired) electrons. The second kappa shape index (κ2) is 5.97. The third-order valence-corrected chi connectivity index (χ3v) is 3.56. The van der Waals surface area contributed by atoms with E-state index in [0.29, 0.717) is 43.2 Å². The zero-order valence-corrected chi connectivity index (χ0v) is 12.3. The van der Waals surface area contributed by atoms with Gasteiger partial charge in [0.05, 0.1) is 27.4 Å². The highest BCUT2D eigenvalue weighted by molar-refractivity contribution is 14.1. The van der Waals surface area contributed by atoms with Gasteiger partial charge in [-0.2, -0.15) is 5.26 Å². The van der Waals surface area contributed by atoms with E-state index in [1.807, 2.05) is 6.07 Å². The van der Waals surface area contributed by atoms with Gasteiger partial charge in [-0.1, -0.05) is 0 Å². The molecule has 0 saturated carbocycles. The molecule has 1 aromatic carbocycles. The van der Waals surface area contributed by atoms with E-state index in [4.69, 9.17) is 15.7 Å². The predicted molar refractivity (Wildman–Crippen MR) is 78.8 cm³/mol. The molecule has 0 aliphatic carbocycles. The van der Waals surface area contributed by atoms with Crippen molar-refractivity contribution in [1.82, 2.24) is 10.2 Å². The van der Waals surface area contributed by atoms with E-state index in [2.05, 4.69) is 27.9 Å². The van der Waals surface area contributed by atoms with E-state index < -0.39 is 0 Å². The van der Waals surface area contributed by atoms with E-state index in [1.165, 1.54) is 0 Å². The van der Waals surface area contributed by atoms with Crippen molar-refractivity contribution < 1.29 is 9.53 Å². The first-order valence-electron chi connectivity index (χ1n) is 5.76. The Morgan fingerprint density at radius 2 is 2.37 bits per heavy atom. The van der Waals surface area contributed by atoms with E-state index in [9.17, 15) is 4.79 Å². The molecule has 0 aromatic heterocycles. The quantitative estimate of drug-likeness (QED) is 0.613. The van der Waals surface area contributed by atoms with Gasteiger partial charge < -0.3 is 20.7 Å². The molecule has 2 rings (SSSR count). The van der Waals surface area contributed by atoms with E-state index >= 15 is 0 Å². The Kier molecular flexibility index (Phi) is 4.31. The lowest BCUT2D eigenvalue weighted by atomic mass is 10.2. The molecule has 1 saturated heterocycles. The molecule has 0 spiro atoms. The van der Waals surface area contributed by atoms with Crippen LogP contribution in [-0.4, -0.2) is 37.2 Å². The zero-order valence-electron chi connectivity index (χ0n) is 10.1. The summed E-state index contributed by atoms with van der Waals surface area (Å²) in [7, 11) is 0. The number of benzene rings is 1. The molecule has 6 nitrogen and oxygen atoms in total. The van der Waals surface area contributed by atoms with Gasteiger partial charge in [-0.3, -0.25) is 0 Å². The Morgan fingerprint density at radius 3 is 2.95 bits per heavy atom. The Labute approximate surface area is 124 Å². The van der Waals surface area contributed by atoms with Crippen LogP contribution in [0.15, 0.2) is 12.1 Å². The fourth-order valence-electron chi connectivity index (χ4n) is 1.81. The first-order valence-corrected chi connectivity index (χ1v) is 6.84. The van der Waals surface area contributed by atoms with Crippen LogP contribution in [-0.2, 0) is 0 Å². The predicted octanol–water partition coefficient (Wildman–Crippen LogP) is 1.15. The maximum atomic E-state index is 11.3. The van der Waals surface area contributed by atoms with Gasteiger partial charge in [0.25, 0.3) is 0 Å². The van der Waals surface area contributed by atoms with Crippen molar-refractivity contribution in [2.75, 3.05) is 32.0 Å². The summed E-state index contributed by atoms with van der Waals surface area (Å²) in [4.78, 5) is 13.0. The first kappa shape index (κ1) is 13.7. The lowest BCUT2D eigenvalue weighted by Crippen LogP contribution is -2.32. The third kappa shape index (κ3) is 3.20. The molecular weight excluding hydrogens is 359 g/mol. The maximum Gasteiger partial charge on any atom is 0.317 e. The summed E-state index contributed by atoms with van der Waals surface area (Å²) in [6, 6.07) is 5.28. The number of anilines is 1. The topological polar surface area (TPSA) is 91.4 Å². The van der Waals surface area contributed by atoms with Crippen molar-refractivity contribution in [2.24, 2.45) is 0 Å². The van der Waals surface area contributed by atoms with Gasteiger partial charge in [0.2, 0.25) is 0 Å². The van der Waals surface area contributed by atoms with Crippen LogP contribution in [0.2, 0.25) is 0 Å². The maximum absolute atomic E-state index is 11.3. The average molecular weight is 372 g/mol. The SMILES string of the molecule is N#Cc1cc(N)c(OCCN2CCNC2=O)c(I)c1. The molecule has 1 aliphatic rings. The van der Waals surface area contributed by atoms with Crippen LogP contribution in [0.3, 0.4) is 0 Å². The van der Waals surface area contributed by atoms with E-state index in [-0.39, 0.29) is 6.03 Å². The van der Waals surface area contributed by atoms with Crippen LogP contribution in [0.1, 0.15) is 5.56 Å². The normalized spacial score (nSPS) is 14.1. The zero-order chi connectivity index (χ0) is 13.8. The molecule has 1 aromatic rings. The van der Waals surface area contributed by atoms with Gasteiger partial charge in [0, 0.05) is 13.1 Å². The number of nitriles is 1. The second-order valence-corrected chi connectivity index (χ2v) is 5.22. The van der Waals surface area contributed by atoms with Crippen molar-refractivity contribution in [1.29, 1.82) is 5.26 Å². The number of amides is 2. The molecule has 1 heterocycles. The number of rotatable bonds is 4. The summed E-state index contributed by atoms with van der Waals surface area (Å²) in [6.07, 6.45) is 0. The van der Waals surface area contributed by atoms with Crippen molar-refractivity contribution in [3.05, 3.63) is 21.3 Å². The molecule has 3 N–H and O–H groups in total. The minimum Gasteiger partial charge on any atom is -0.488 e. The Hall–Kier alpha value is -1.69. The number of halogens is 1. The van der Waals surface area contributed by atoms with Crippen molar-refractivity contribution in [3.8, 4) is 11.8 Å². The smallest absolute Gasteiger partial charge is 0.317 e. The molecule has 1 fully saturated rings. The van der Waals surface area contributed by atoms with Gasteiger partial charge in [-0.25, -0.2) is 4.79 Å². The Balaban J connectivity index is 1.96. The highest BCUT2D eigenvalue weighted by atomic mass is 127. The van der Waals surface area contributed by atoms with Gasteiger partial charge in [0.15, 0.2) is 5.75 Å². The summed E-state index contributed by atoms with van der Waals surface area (Å²) in [5, 5.41) is 11.6. The summed E-state index contributed by atoms with van der Waals surface area (Å²) in [6.45, 7) is 2.26. The molecule has 1 aliphatic heterocycles. The molecule has 100 valence electrons. The molecule has 0 bridgehead atoms. The molecular formula is C12H13IN4O2. The number of carbonyl (C=O) groups is 1. The number of hydrogen-bond acceptors (Lipinski definition) is 4. The highest BCUT2D eigenvalue weighted by Gasteiger charge is 2.19. The lowest BCUT2D eigenvalue weighted by molar-refractivity contribution is 0.202. The Morgan fingerprint density at radius 1 is 1.58 bits per heavy atom. The van der Waals surface area contributed by atoms with Crippen LogP contribution < -0.4 is 15.8 Å². The minimum atomic E-state index is -0.0638. The largest absolute Gasteiger partial charge is 0.488 e. The van der Waals surface area contributed by atoms with Crippen LogP contribution in [0, 0.1) is 14.9 Å². The van der Waals surface area contributed by atoms with Crippen LogP contribution in [0.5, 0.6) is 5.75 Å². The molecule has 0 unspecified atom stereocenters. The summed E-state index contributed by atoms with van der Waals surface area (Å²) < 4.78 is 6.41. The van der Waals surface area contributed by atoms with Crippen molar-refractivity contribution >= 4 is 34.3 Å². The lowest BCUT2D eigenvalue weighted by Gasteiger charge is -2.16. The van der Waals surface area contributed by atoms with Crippen LogP contribution in [0.25, 0.3) is 0 Å². The number of nitrogens with zero attached hydrogens (tertiary/aromatic N) is 2. The fourth-order valence-corrected chi connectivity index (χ4v) is 2.62. The van der Waals surface area contributed by atoms with Gasteiger partial charge in [0.1, 0.15) is 6.61 Å². The van der Waals surface area contributed by atoms with E-state index in [0.717, 1.165) is 3.57 Å². The number of nitrogen functional groups attached to an aromatic ring is 1. The van der Waals surface area contributed by atoms with Crippen molar-refractivity contribution in [2.45, 2.75) is 0 Å². The van der Waals surface area contributed by atoms with Gasteiger partial charge in [-0.15, -0.1) is 0 Å². The highest BCUT2D eigenvalue weighted by Crippen LogP contribution is 2.29. The minimum absolute atomic E-state index is 0.0638. The number of carbonyl (C=O) groups excluding carboxylic acids is 1. The number of urea groups is 1. The number of ether oxygens (including phenoxy) is 1. The summed E-state index contributed by atoms with van der Waals surface area (Å²) in [5.74, 6) is 0.569. The second-order valence-electron chi connectivity index (χ2n) is 4.06. The number of nitrogens with two attached hydrogens (primary N) is 1. The monoisotopic (exact) mass is 372 g/mol. The third-order valence-electron chi connectivity index (χ3n) is 2.75.